The summed E-state index contributed by atoms with van der Waals surface area (Å²) < 4.78 is 19.6. The van der Waals surface area contributed by atoms with Crippen LogP contribution >= 0.6 is 0 Å². The summed E-state index contributed by atoms with van der Waals surface area (Å²) >= 11 is 0. The Morgan fingerprint density at radius 1 is 1.15 bits per heavy atom. The van der Waals surface area contributed by atoms with Crippen LogP contribution in [0, 0.1) is 5.82 Å². The van der Waals surface area contributed by atoms with Gasteiger partial charge < -0.3 is 10.1 Å². The molecule has 0 aliphatic carbocycles. The third-order valence-electron chi connectivity index (χ3n) is 3.63. The zero-order chi connectivity index (χ0) is 14.8. The van der Waals surface area contributed by atoms with Crippen molar-refractivity contribution >= 4 is 0 Å². The van der Waals surface area contributed by atoms with Crippen LogP contribution < -0.4 is 10.1 Å². The summed E-state index contributed by atoms with van der Waals surface area (Å²) in [5.41, 5.74) is 0.626. The molecule has 2 nitrogen and oxygen atoms in total. The Labute approximate surface area is 122 Å². The standard InChI is InChI=1S/C17H28FNO/c1-4-5-6-7-8-9-13-20-16-12-10-11-15(18)17(16)14(2)19-3/h10-12,14,19H,4-9,13H2,1-3H3. The highest BCUT2D eigenvalue weighted by molar-refractivity contribution is 5.36. The second-order valence-electron chi connectivity index (χ2n) is 5.28. The number of rotatable bonds is 10. The van der Waals surface area contributed by atoms with E-state index in [9.17, 15) is 4.39 Å². The second-order valence-corrected chi connectivity index (χ2v) is 5.28. The van der Waals surface area contributed by atoms with Crippen LogP contribution in [0.25, 0.3) is 0 Å². The minimum absolute atomic E-state index is 0.0456. The molecule has 1 unspecified atom stereocenters. The lowest BCUT2D eigenvalue weighted by Crippen LogP contribution is -2.15. The van der Waals surface area contributed by atoms with Gasteiger partial charge in [0.05, 0.1) is 6.61 Å². The van der Waals surface area contributed by atoms with Crippen molar-refractivity contribution < 1.29 is 9.13 Å². The van der Waals surface area contributed by atoms with Gasteiger partial charge in [0.2, 0.25) is 0 Å². The third-order valence-corrected chi connectivity index (χ3v) is 3.63. The van der Waals surface area contributed by atoms with Crippen molar-refractivity contribution in [2.24, 2.45) is 0 Å². The van der Waals surface area contributed by atoms with Crippen LogP contribution in [0.3, 0.4) is 0 Å². The summed E-state index contributed by atoms with van der Waals surface area (Å²) in [5.74, 6) is 0.465. The average Bonchev–Trinajstić information content (AvgIpc) is 2.45. The quantitative estimate of drug-likeness (QED) is 0.619. The SMILES string of the molecule is CCCCCCCCOc1cccc(F)c1C(C)NC. The molecule has 0 radical (unpaired) electrons. The lowest BCUT2D eigenvalue weighted by molar-refractivity contribution is 0.296. The van der Waals surface area contributed by atoms with Gasteiger partial charge in [-0.25, -0.2) is 4.39 Å². The molecule has 0 fully saturated rings. The summed E-state index contributed by atoms with van der Waals surface area (Å²) in [5, 5.41) is 3.07. The Morgan fingerprint density at radius 3 is 2.55 bits per heavy atom. The molecule has 1 rings (SSSR count). The number of hydrogen-bond donors (Lipinski definition) is 1. The molecular weight excluding hydrogens is 253 g/mol. The summed E-state index contributed by atoms with van der Waals surface area (Å²) in [7, 11) is 1.83. The lowest BCUT2D eigenvalue weighted by atomic mass is 10.1. The predicted molar refractivity (Wildman–Crippen MR) is 82.7 cm³/mol. The molecule has 1 aromatic rings. The maximum absolute atomic E-state index is 13.9. The Bertz CT molecular complexity index is 381. The molecule has 20 heavy (non-hydrogen) atoms. The molecule has 1 aromatic carbocycles. The topological polar surface area (TPSA) is 21.3 Å². The van der Waals surface area contributed by atoms with Crippen molar-refractivity contribution in [3.8, 4) is 5.75 Å². The Morgan fingerprint density at radius 2 is 1.85 bits per heavy atom. The van der Waals surface area contributed by atoms with Crippen molar-refractivity contribution in [1.29, 1.82) is 0 Å². The summed E-state index contributed by atoms with van der Waals surface area (Å²) in [6.07, 6.45) is 7.37. The monoisotopic (exact) mass is 281 g/mol. The van der Waals surface area contributed by atoms with E-state index >= 15 is 0 Å². The minimum Gasteiger partial charge on any atom is -0.493 e. The van der Waals surface area contributed by atoms with E-state index in [2.05, 4.69) is 12.2 Å². The molecule has 0 aliphatic rings. The number of halogens is 1. The number of nitrogens with one attached hydrogen (secondary N) is 1. The fourth-order valence-corrected chi connectivity index (χ4v) is 2.27. The van der Waals surface area contributed by atoms with Gasteiger partial charge in [-0.15, -0.1) is 0 Å². The Balaban J connectivity index is 2.42. The maximum atomic E-state index is 13.9. The molecular formula is C17H28FNO. The van der Waals surface area contributed by atoms with Gasteiger partial charge in [0.15, 0.2) is 0 Å². The Kier molecular flexibility index (Phi) is 8.28. The number of hydrogen-bond acceptors (Lipinski definition) is 2. The maximum Gasteiger partial charge on any atom is 0.131 e. The highest BCUT2D eigenvalue weighted by Gasteiger charge is 2.15. The molecule has 0 aliphatic heterocycles. The van der Waals surface area contributed by atoms with Gasteiger partial charge in [0.25, 0.3) is 0 Å². The van der Waals surface area contributed by atoms with E-state index in [0.717, 1.165) is 6.42 Å². The number of unbranched alkanes of at least 4 members (excludes halogenated alkanes) is 5. The van der Waals surface area contributed by atoms with Gasteiger partial charge in [-0.3, -0.25) is 0 Å². The zero-order valence-corrected chi connectivity index (χ0v) is 13.0. The van der Waals surface area contributed by atoms with Gasteiger partial charge >= 0.3 is 0 Å². The van der Waals surface area contributed by atoms with E-state index in [1.165, 1.54) is 38.2 Å². The van der Waals surface area contributed by atoms with Crippen molar-refractivity contribution in [2.75, 3.05) is 13.7 Å². The first-order valence-electron chi connectivity index (χ1n) is 7.79. The average molecular weight is 281 g/mol. The van der Waals surface area contributed by atoms with E-state index in [0.29, 0.717) is 17.9 Å². The molecule has 0 heterocycles. The molecule has 0 bridgehead atoms. The largest absolute Gasteiger partial charge is 0.493 e. The molecule has 0 amide bonds. The van der Waals surface area contributed by atoms with Gasteiger partial charge in [0.1, 0.15) is 11.6 Å². The van der Waals surface area contributed by atoms with Crippen LogP contribution in [-0.4, -0.2) is 13.7 Å². The fraction of sp³-hybridized carbons (Fsp3) is 0.647. The van der Waals surface area contributed by atoms with Crippen LogP contribution in [0.15, 0.2) is 18.2 Å². The third kappa shape index (κ3) is 5.49. The first kappa shape index (κ1) is 17.0. The molecule has 1 N–H and O–H groups in total. The zero-order valence-electron chi connectivity index (χ0n) is 13.0. The summed E-state index contributed by atoms with van der Waals surface area (Å²) in [4.78, 5) is 0. The molecule has 0 spiro atoms. The van der Waals surface area contributed by atoms with E-state index < -0.39 is 0 Å². The number of benzene rings is 1. The first-order valence-corrected chi connectivity index (χ1v) is 7.79. The van der Waals surface area contributed by atoms with Crippen LogP contribution in [-0.2, 0) is 0 Å². The first-order chi connectivity index (χ1) is 9.70. The van der Waals surface area contributed by atoms with Gasteiger partial charge in [0, 0.05) is 11.6 Å². The molecule has 0 saturated heterocycles. The van der Waals surface area contributed by atoms with Crippen LogP contribution in [0.2, 0.25) is 0 Å². The molecule has 3 heteroatoms. The van der Waals surface area contributed by atoms with E-state index in [-0.39, 0.29) is 11.9 Å². The van der Waals surface area contributed by atoms with Crippen molar-refractivity contribution in [1.82, 2.24) is 5.32 Å². The summed E-state index contributed by atoms with van der Waals surface area (Å²) in [6.45, 7) is 4.83. The molecule has 114 valence electrons. The molecule has 0 saturated carbocycles. The fourth-order valence-electron chi connectivity index (χ4n) is 2.27. The highest BCUT2D eigenvalue weighted by atomic mass is 19.1. The van der Waals surface area contributed by atoms with Crippen LogP contribution in [0.4, 0.5) is 4.39 Å². The smallest absolute Gasteiger partial charge is 0.131 e. The van der Waals surface area contributed by atoms with Gasteiger partial charge in [-0.05, 0) is 32.5 Å². The Hall–Kier alpha value is -1.09. The van der Waals surface area contributed by atoms with Crippen LogP contribution in [0.1, 0.15) is 64.0 Å². The normalized spacial score (nSPS) is 12.4. The van der Waals surface area contributed by atoms with Gasteiger partial charge in [-0.1, -0.05) is 45.1 Å². The summed E-state index contributed by atoms with van der Waals surface area (Å²) in [6, 6.07) is 5.00. The lowest BCUT2D eigenvalue weighted by Gasteiger charge is -2.17. The van der Waals surface area contributed by atoms with Crippen molar-refractivity contribution in [3.63, 3.8) is 0 Å². The molecule has 0 aromatic heterocycles. The van der Waals surface area contributed by atoms with E-state index in [1.807, 2.05) is 20.0 Å². The van der Waals surface area contributed by atoms with Gasteiger partial charge in [-0.2, -0.15) is 0 Å². The van der Waals surface area contributed by atoms with E-state index in [4.69, 9.17) is 4.74 Å². The second kappa shape index (κ2) is 9.76. The van der Waals surface area contributed by atoms with Crippen molar-refractivity contribution in [3.05, 3.63) is 29.6 Å². The highest BCUT2D eigenvalue weighted by Crippen LogP contribution is 2.27. The van der Waals surface area contributed by atoms with Crippen LogP contribution in [0.5, 0.6) is 5.75 Å². The number of ether oxygens (including phenoxy) is 1. The van der Waals surface area contributed by atoms with Crippen molar-refractivity contribution in [2.45, 2.75) is 58.4 Å². The van der Waals surface area contributed by atoms with E-state index in [1.54, 1.807) is 6.07 Å². The minimum atomic E-state index is -0.202. The predicted octanol–water partition coefficient (Wildman–Crippen LogP) is 4.85. The molecule has 1 atom stereocenters.